The van der Waals surface area contributed by atoms with Crippen LogP contribution in [0, 0.1) is 27.7 Å². The van der Waals surface area contributed by atoms with Crippen molar-refractivity contribution < 1.29 is 4.79 Å². The first-order chi connectivity index (χ1) is 12.4. The molecule has 0 fully saturated rings. The smallest absolute Gasteiger partial charge is 0.274 e. The summed E-state index contributed by atoms with van der Waals surface area (Å²) in [5, 5.41) is 6.07. The number of amides is 1. The SMILES string of the molecule is Cc1ccc(NC(=O)c2cc(C)nc(Nc3ccc(C)cc3C)n2)cc1. The van der Waals surface area contributed by atoms with Crippen molar-refractivity contribution in [3.63, 3.8) is 0 Å². The minimum absolute atomic E-state index is 0.261. The zero-order valence-corrected chi connectivity index (χ0v) is 15.4. The molecule has 2 N–H and O–H groups in total. The highest BCUT2D eigenvalue weighted by Crippen LogP contribution is 2.20. The van der Waals surface area contributed by atoms with Crippen LogP contribution >= 0.6 is 0 Å². The van der Waals surface area contributed by atoms with Gasteiger partial charge in [-0.25, -0.2) is 9.97 Å². The number of rotatable bonds is 4. The standard InChI is InChI=1S/C21H22N4O/c1-13-5-8-17(9-6-13)23-20(26)19-12-16(4)22-21(25-19)24-18-10-7-14(2)11-15(18)3/h5-12H,1-4H3,(H,23,26)(H,22,24,25). The van der Waals surface area contributed by atoms with E-state index in [1.807, 2.05) is 64.1 Å². The molecule has 1 amide bonds. The number of aryl methyl sites for hydroxylation is 4. The predicted octanol–water partition coefficient (Wildman–Crippen LogP) is 4.71. The van der Waals surface area contributed by atoms with Crippen molar-refractivity contribution in [3.8, 4) is 0 Å². The van der Waals surface area contributed by atoms with Crippen LogP contribution in [0.3, 0.4) is 0 Å². The monoisotopic (exact) mass is 346 g/mol. The van der Waals surface area contributed by atoms with E-state index < -0.39 is 0 Å². The summed E-state index contributed by atoms with van der Waals surface area (Å²) in [6.07, 6.45) is 0. The van der Waals surface area contributed by atoms with Gasteiger partial charge in [-0.1, -0.05) is 35.4 Å². The Hall–Kier alpha value is -3.21. The molecule has 0 atom stereocenters. The van der Waals surface area contributed by atoms with Crippen LogP contribution in [0.1, 0.15) is 32.9 Å². The molecule has 5 nitrogen and oxygen atoms in total. The van der Waals surface area contributed by atoms with Crippen molar-refractivity contribution in [2.24, 2.45) is 0 Å². The van der Waals surface area contributed by atoms with Crippen LogP contribution in [0.5, 0.6) is 0 Å². The van der Waals surface area contributed by atoms with E-state index in [1.165, 1.54) is 5.56 Å². The Bertz CT molecular complexity index is 949. The topological polar surface area (TPSA) is 66.9 Å². The second-order valence-corrected chi connectivity index (χ2v) is 6.48. The lowest BCUT2D eigenvalue weighted by molar-refractivity contribution is 0.102. The Balaban J connectivity index is 1.82. The first-order valence-corrected chi connectivity index (χ1v) is 8.49. The molecule has 1 heterocycles. The summed E-state index contributed by atoms with van der Waals surface area (Å²) < 4.78 is 0. The van der Waals surface area contributed by atoms with E-state index in [1.54, 1.807) is 6.07 Å². The summed E-state index contributed by atoms with van der Waals surface area (Å²) in [6, 6.07) is 15.4. The fourth-order valence-electron chi connectivity index (χ4n) is 2.65. The van der Waals surface area contributed by atoms with Crippen LogP contribution in [0.4, 0.5) is 17.3 Å². The highest BCUT2D eigenvalue weighted by Gasteiger charge is 2.12. The quantitative estimate of drug-likeness (QED) is 0.718. The molecule has 0 spiro atoms. The minimum atomic E-state index is -0.261. The van der Waals surface area contributed by atoms with Crippen LogP contribution in [0.15, 0.2) is 48.5 Å². The van der Waals surface area contributed by atoms with E-state index in [0.29, 0.717) is 11.6 Å². The Labute approximate surface area is 153 Å². The van der Waals surface area contributed by atoms with Crippen molar-refractivity contribution >= 4 is 23.2 Å². The molecular formula is C21H22N4O. The lowest BCUT2D eigenvalue weighted by Crippen LogP contribution is -2.15. The molecule has 2 aromatic carbocycles. The second-order valence-electron chi connectivity index (χ2n) is 6.48. The number of anilines is 3. The average Bonchev–Trinajstić information content (AvgIpc) is 2.59. The third-order valence-electron chi connectivity index (χ3n) is 4.02. The van der Waals surface area contributed by atoms with Crippen LogP contribution in [-0.4, -0.2) is 15.9 Å². The molecule has 0 aliphatic heterocycles. The number of hydrogen-bond donors (Lipinski definition) is 2. The van der Waals surface area contributed by atoms with E-state index in [9.17, 15) is 4.79 Å². The van der Waals surface area contributed by atoms with Crippen molar-refractivity contribution in [2.75, 3.05) is 10.6 Å². The molecule has 0 unspecified atom stereocenters. The summed E-state index contributed by atoms with van der Waals surface area (Å²) in [5.41, 5.74) is 6.14. The maximum absolute atomic E-state index is 12.5. The number of aromatic nitrogens is 2. The third kappa shape index (κ3) is 4.25. The van der Waals surface area contributed by atoms with E-state index in [4.69, 9.17) is 0 Å². The van der Waals surface area contributed by atoms with Crippen LogP contribution in [-0.2, 0) is 0 Å². The van der Waals surface area contributed by atoms with Gasteiger partial charge in [-0.15, -0.1) is 0 Å². The molecule has 0 saturated carbocycles. The van der Waals surface area contributed by atoms with Gasteiger partial charge in [-0.05, 0) is 57.5 Å². The predicted molar refractivity (Wildman–Crippen MR) is 105 cm³/mol. The Kier molecular flexibility index (Phi) is 4.98. The number of nitrogens with zero attached hydrogens (tertiary/aromatic N) is 2. The van der Waals surface area contributed by atoms with Gasteiger partial charge in [-0.2, -0.15) is 0 Å². The lowest BCUT2D eigenvalue weighted by Gasteiger charge is -2.11. The Morgan fingerprint density at radius 1 is 0.846 bits per heavy atom. The van der Waals surface area contributed by atoms with Gasteiger partial charge in [0.1, 0.15) is 5.69 Å². The first kappa shape index (κ1) is 17.6. The molecule has 0 aliphatic rings. The molecular weight excluding hydrogens is 324 g/mol. The van der Waals surface area contributed by atoms with E-state index in [-0.39, 0.29) is 5.91 Å². The van der Waals surface area contributed by atoms with Gasteiger partial charge in [0, 0.05) is 17.1 Å². The van der Waals surface area contributed by atoms with Crippen molar-refractivity contribution in [1.29, 1.82) is 0 Å². The maximum Gasteiger partial charge on any atom is 0.274 e. The second kappa shape index (κ2) is 7.35. The van der Waals surface area contributed by atoms with Crippen LogP contribution in [0.25, 0.3) is 0 Å². The zero-order chi connectivity index (χ0) is 18.7. The Morgan fingerprint density at radius 3 is 2.23 bits per heavy atom. The van der Waals surface area contributed by atoms with Gasteiger partial charge in [0.25, 0.3) is 5.91 Å². The van der Waals surface area contributed by atoms with Crippen molar-refractivity contribution in [3.05, 3.63) is 76.6 Å². The highest BCUT2D eigenvalue weighted by molar-refractivity contribution is 6.03. The van der Waals surface area contributed by atoms with E-state index in [2.05, 4.69) is 26.7 Å². The molecule has 3 rings (SSSR count). The molecule has 1 aromatic heterocycles. The summed E-state index contributed by atoms with van der Waals surface area (Å²) in [7, 11) is 0. The molecule has 0 radical (unpaired) electrons. The number of carbonyl (C=O) groups is 1. The Morgan fingerprint density at radius 2 is 1.54 bits per heavy atom. The summed E-state index contributed by atoms with van der Waals surface area (Å²) >= 11 is 0. The van der Waals surface area contributed by atoms with E-state index >= 15 is 0 Å². The number of carbonyl (C=O) groups excluding carboxylic acids is 1. The minimum Gasteiger partial charge on any atom is -0.324 e. The third-order valence-corrected chi connectivity index (χ3v) is 4.02. The van der Waals surface area contributed by atoms with Crippen LogP contribution in [0.2, 0.25) is 0 Å². The van der Waals surface area contributed by atoms with Gasteiger partial charge in [-0.3, -0.25) is 4.79 Å². The van der Waals surface area contributed by atoms with Gasteiger partial charge < -0.3 is 10.6 Å². The fourth-order valence-corrected chi connectivity index (χ4v) is 2.65. The highest BCUT2D eigenvalue weighted by atomic mass is 16.1. The average molecular weight is 346 g/mol. The van der Waals surface area contributed by atoms with E-state index in [0.717, 1.165) is 28.2 Å². The fraction of sp³-hybridized carbons (Fsp3) is 0.190. The summed E-state index contributed by atoms with van der Waals surface area (Å²) in [5.74, 6) is 0.147. The molecule has 26 heavy (non-hydrogen) atoms. The van der Waals surface area contributed by atoms with Crippen LogP contribution < -0.4 is 10.6 Å². The number of nitrogens with one attached hydrogen (secondary N) is 2. The lowest BCUT2D eigenvalue weighted by atomic mass is 10.1. The normalized spacial score (nSPS) is 10.5. The maximum atomic E-state index is 12.5. The molecule has 0 saturated heterocycles. The van der Waals surface area contributed by atoms with Crippen molar-refractivity contribution in [2.45, 2.75) is 27.7 Å². The van der Waals surface area contributed by atoms with Gasteiger partial charge in [0.2, 0.25) is 5.95 Å². The molecule has 0 bridgehead atoms. The molecule has 5 heteroatoms. The van der Waals surface area contributed by atoms with Gasteiger partial charge in [0.05, 0.1) is 0 Å². The first-order valence-electron chi connectivity index (χ1n) is 8.49. The largest absolute Gasteiger partial charge is 0.324 e. The molecule has 132 valence electrons. The van der Waals surface area contributed by atoms with Gasteiger partial charge in [0.15, 0.2) is 0 Å². The summed E-state index contributed by atoms with van der Waals surface area (Å²) in [4.78, 5) is 21.3. The van der Waals surface area contributed by atoms with Gasteiger partial charge >= 0.3 is 0 Å². The molecule has 3 aromatic rings. The molecule has 0 aliphatic carbocycles. The zero-order valence-electron chi connectivity index (χ0n) is 15.4. The number of hydrogen-bond acceptors (Lipinski definition) is 4. The summed E-state index contributed by atoms with van der Waals surface area (Å²) in [6.45, 7) is 7.92. The van der Waals surface area contributed by atoms with Crippen molar-refractivity contribution in [1.82, 2.24) is 9.97 Å². The number of benzene rings is 2.